The van der Waals surface area contributed by atoms with E-state index in [4.69, 9.17) is 14.5 Å². The van der Waals surface area contributed by atoms with E-state index in [9.17, 15) is 4.79 Å². The molecule has 162 valence electrons. The number of hydrogen-bond donors (Lipinski definition) is 1. The largest absolute Gasteiger partial charge is 0.495 e. The van der Waals surface area contributed by atoms with Crippen molar-refractivity contribution in [2.75, 3.05) is 25.3 Å². The first-order valence-corrected chi connectivity index (χ1v) is 11.0. The van der Waals surface area contributed by atoms with Gasteiger partial charge in [-0.05, 0) is 24.3 Å². The van der Waals surface area contributed by atoms with Crippen LogP contribution in [-0.4, -0.2) is 35.4 Å². The second-order valence-electron chi connectivity index (χ2n) is 6.85. The smallest absolute Gasteiger partial charge is 0.234 e. The van der Waals surface area contributed by atoms with Gasteiger partial charge >= 0.3 is 0 Å². The van der Waals surface area contributed by atoms with Crippen molar-refractivity contribution in [2.45, 2.75) is 5.16 Å². The number of imidazole rings is 1. The molecule has 0 saturated carbocycles. The van der Waals surface area contributed by atoms with E-state index >= 15 is 0 Å². The number of carbonyl (C=O) groups excluding carboxylic acids is 1. The molecular weight excluding hydrogens is 422 g/mol. The van der Waals surface area contributed by atoms with Crippen LogP contribution >= 0.6 is 11.8 Å². The lowest BCUT2D eigenvalue weighted by Gasteiger charge is -2.12. The predicted octanol–water partition coefficient (Wildman–Crippen LogP) is 5.29. The number of thioether (sulfide) groups is 1. The predicted molar refractivity (Wildman–Crippen MR) is 128 cm³/mol. The van der Waals surface area contributed by atoms with Gasteiger partial charge in [-0.1, -0.05) is 66.4 Å². The van der Waals surface area contributed by atoms with Crippen LogP contribution in [0.25, 0.3) is 16.9 Å². The standard InChI is InChI=1S/C25H23N3O3S/c1-30-22-14-8-6-12-19(22)26-24(29)17-32-25-27-20(18-10-4-3-5-11-18)16-28(25)21-13-7-9-15-23(21)31-2/h3-16H,17H2,1-2H3,(H,26,29). The molecular formula is C25H23N3O3S. The number of methoxy groups -OCH3 is 2. The highest BCUT2D eigenvalue weighted by molar-refractivity contribution is 7.99. The Morgan fingerprint density at radius 2 is 1.56 bits per heavy atom. The maximum Gasteiger partial charge on any atom is 0.234 e. The van der Waals surface area contributed by atoms with Crippen LogP contribution in [-0.2, 0) is 4.79 Å². The van der Waals surface area contributed by atoms with E-state index in [-0.39, 0.29) is 11.7 Å². The number of nitrogens with zero attached hydrogens (tertiary/aromatic N) is 2. The van der Waals surface area contributed by atoms with Crippen molar-refractivity contribution >= 4 is 23.4 Å². The van der Waals surface area contributed by atoms with E-state index in [0.29, 0.717) is 16.6 Å². The summed E-state index contributed by atoms with van der Waals surface area (Å²) in [5.41, 5.74) is 3.32. The summed E-state index contributed by atoms with van der Waals surface area (Å²) < 4.78 is 12.8. The Hall–Kier alpha value is -3.71. The first-order chi connectivity index (χ1) is 15.7. The van der Waals surface area contributed by atoms with Crippen molar-refractivity contribution in [3.8, 4) is 28.4 Å². The molecule has 4 aromatic rings. The fraction of sp³-hybridized carbons (Fsp3) is 0.120. The number of carbonyl (C=O) groups is 1. The molecule has 0 fully saturated rings. The SMILES string of the molecule is COc1ccccc1NC(=O)CSc1nc(-c2ccccc2)cn1-c1ccccc1OC. The van der Waals surface area contributed by atoms with Crippen LogP contribution in [0.15, 0.2) is 90.2 Å². The Morgan fingerprint density at radius 3 is 2.31 bits per heavy atom. The van der Waals surface area contributed by atoms with Crippen molar-refractivity contribution in [1.82, 2.24) is 9.55 Å². The number of benzene rings is 3. The van der Waals surface area contributed by atoms with Gasteiger partial charge in [-0.2, -0.15) is 0 Å². The molecule has 1 amide bonds. The molecule has 0 radical (unpaired) electrons. The van der Waals surface area contributed by atoms with E-state index in [1.165, 1.54) is 11.8 Å². The minimum absolute atomic E-state index is 0.143. The molecule has 0 saturated heterocycles. The zero-order valence-electron chi connectivity index (χ0n) is 17.8. The van der Waals surface area contributed by atoms with E-state index in [2.05, 4.69) is 5.32 Å². The third kappa shape index (κ3) is 4.78. The minimum Gasteiger partial charge on any atom is -0.495 e. The summed E-state index contributed by atoms with van der Waals surface area (Å²) in [7, 11) is 3.22. The Balaban J connectivity index is 1.61. The third-order valence-corrected chi connectivity index (χ3v) is 5.75. The van der Waals surface area contributed by atoms with Gasteiger partial charge in [0.1, 0.15) is 11.5 Å². The molecule has 1 N–H and O–H groups in total. The minimum atomic E-state index is -0.143. The van der Waals surface area contributed by atoms with Crippen LogP contribution < -0.4 is 14.8 Å². The second-order valence-corrected chi connectivity index (χ2v) is 7.80. The normalized spacial score (nSPS) is 10.6. The molecule has 1 aromatic heterocycles. The molecule has 0 spiro atoms. The topological polar surface area (TPSA) is 65.4 Å². The lowest BCUT2D eigenvalue weighted by atomic mass is 10.2. The van der Waals surface area contributed by atoms with Gasteiger partial charge in [-0.15, -0.1) is 0 Å². The molecule has 3 aromatic carbocycles. The number of amides is 1. The molecule has 32 heavy (non-hydrogen) atoms. The summed E-state index contributed by atoms with van der Waals surface area (Å²) in [4.78, 5) is 17.5. The molecule has 0 aliphatic heterocycles. The van der Waals surface area contributed by atoms with Gasteiger partial charge in [-0.3, -0.25) is 9.36 Å². The van der Waals surface area contributed by atoms with Crippen LogP contribution in [0.4, 0.5) is 5.69 Å². The molecule has 0 unspecified atom stereocenters. The summed E-state index contributed by atoms with van der Waals surface area (Å²) in [6.07, 6.45) is 1.97. The maximum absolute atomic E-state index is 12.7. The van der Waals surface area contributed by atoms with Crippen molar-refractivity contribution in [2.24, 2.45) is 0 Å². The number of nitrogens with one attached hydrogen (secondary N) is 1. The van der Waals surface area contributed by atoms with Crippen LogP contribution in [0, 0.1) is 0 Å². The molecule has 0 aliphatic rings. The van der Waals surface area contributed by atoms with Gasteiger partial charge in [0.05, 0.1) is 37.0 Å². The van der Waals surface area contributed by atoms with Crippen LogP contribution in [0.5, 0.6) is 11.5 Å². The molecule has 0 bridgehead atoms. The Bertz CT molecular complexity index is 1210. The highest BCUT2D eigenvalue weighted by Gasteiger charge is 2.16. The maximum atomic E-state index is 12.7. The van der Waals surface area contributed by atoms with Crippen molar-refractivity contribution in [1.29, 1.82) is 0 Å². The first-order valence-electron chi connectivity index (χ1n) is 10.0. The summed E-state index contributed by atoms with van der Waals surface area (Å²) in [5, 5.41) is 3.60. The average Bonchev–Trinajstić information content (AvgIpc) is 3.27. The molecule has 6 nitrogen and oxygen atoms in total. The van der Waals surface area contributed by atoms with Crippen molar-refractivity contribution in [3.63, 3.8) is 0 Å². The fourth-order valence-corrected chi connectivity index (χ4v) is 4.06. The van der Waals surface area contributed by atoms with Gasteiger partial charge in [0.15, 0.2) is 5.16 Å². The van der Waals surface area contributed by atoms with Gasteiger partial charge in [0.25, 0.3) is 0 Å². The summed E-state index contributed by atoms with van der Waals surface area (Å²) in [6, 6.07) is 25.0. The zero-order chi connectivity index (χ0) is 22.3. The van der Waals surface area contributed by atoms with Crippen molar-refractivity contribution in [3.05, 3.63) is 85.1 Å². The van der Waals surface area contributed by atoms with E-state index in [0.717, 1.165) is 22.7 Å². The van der Waals surface area contributed by atoms with Gasteiger partial charge in [0.2, 0.25) is 5.91 Å². The Labute approximate surface area is 191 Å². The number of rotatable bonds is 8. The second kappa shape index (κ2) is 10.1. The number of anilines is 1. The quantitative estimate of drug-likeness (QED) is 0.374. The summed E-state index contributed by atoms with van der Waals surface area (Å²) in [6.45, 7) is 0. The van der Waals surface area contributed by atoms with E-state index in [1.807, 2.05) is 89.6 Å². The Morgan fingerprint density at radius 1 is 0.906 bits per heavy atom. The third-order valence-electron chi connectivity index (χ3n) is 4.80. The molecule has 0 aliphatic carbocycles. The number of aromatic nitrogens is 2. The van der Waals surface area contributed by atoms with Gasteiger partial charge < -0.3 is 14.8 Å². The monoisotopic (exact) mass is 445 g/mol. The van der Waals surface area contributed by atoms with Crippen LogP contribution in [0.3, 0.4) is 0 Å². The molecule has 0 atom stereocenters. The fourth-order valence-electron chi connectivity index (χ4n) is 3.28. The number of hydrogen-bond acceptors (Lipinski definition) is 5. The zero-order valence-corrected chi connectivity index (χ0v) is 18.6. The molecule has 1 heterocycles. The van der Waals surface area contributed by atoms with Crippen LogP contribution in [0.2, 0.25) is 0 Å². The van der Waals surface area contributed by atoms with Crippen LogP contribution in [0.1, 0.15) is 0 Å². The molecule has 4 rings (SSSR count). The van der Waals surface area contributed by atoms with Gasteiger partial charge in [-0.25, -0.2) is 4.98 Å². The lowest BCUT2D eigenvalue weighted by molar-refractivity contribution is -0.113. The number of ether oxygens (including phenoxy) is 2. The molecule has 7 heteroatoms. The Kier molecular flexibility index (Phi) is 6.77. The number of para-hydroxylation sites is 4. The van der Waals surface area contributed by atoms with E-state index < -0.39 is 0 Å². The highest BCUT2D eigenvalue weighted by Crippen LogP contribution is 2.31. The average molecular weight is 446 g/mol. The summed E-state index contributed by atoms with van der Waals surface area (Å²) >= 11 is 1.36. The van der Waals surface area contributed by atoms with E-state index in [1.54, 1.807) is 14.2 Å². The highest BCUT2D eigenvalue weighted by atomic mass is 32.2. The summed E-state index contributed by atoms with van der Waals surface area (Å²) in [5.74, 6) is 1.39. The lowest BCUT2D eigenvalue weighted by Crippen LogP contribution is -2.15. The first kappa shape index (κ1) is 21.5. The van der Waals surface area contributed by atoms with Gasteiger partial charge in [0, 0.05) is 11.8 Å². The van der Waals surface area contributed by atoms with Crippen molar-refractivity contribution < 1.29 is 14.3 Å².